The number of aliphatic carboxylic acids is 3. The molecule has 3 aromatic rings. The second kappa shape index (κ2) is 12.4. The van der Waals surface area contributed by atoms with Crippen LogP contribution in [0.1, 0.15) is 23.1 Å². The van der Waals surface area contributed by atoms with Crippen molar-refractivity contribution in [2.24, 2.45) is 0 Å². The van der Waals surface area contributed by atoms with E-state index in [9.17, 15) is 46.5 Å². The Balaban J connectivity index is 2.23. The van der Waals surface area contributed by atoms with Gasteiger partial charge < -0.3 is 15.3 Å². The number of hydrogen-bond donors (Lipinski definition) is 3. The lowest BCUT2D eigenvalue weighted by Gasteiger charge is -2.28. The van der Waals surface area contributed by atoms with Gasteiger partial charge >= 0.3 is 17.9 Å². The number of sulfonamides is 2. The van der Waals surface area contributed by atoms with E-state index in [1.165, 1.54) is 48.5 Å². The summed E-state index contributed by atoms with van der Waals surface area (Å²) in [6.07, 6.45) is -0.824. The van der Waals surface area contributed by atoms with Crippen LogP contribution in [0.2, 0.25) is 0 Å². The zero-order valence-electron chi connectivity index (χ0n) is 22.1. The number of anilines is 2. The minimum Gasteiger partial charge on any atom is -0.481 e. The van der Waals surface area contributed by atoms with Crippen LogP contribution >= 0.6 is 0 Å². The number of nitrogens with zero attached hydrogens (tertiary/aromatic N) is 2. The highest BCUT2D eigenvalue weighted by molar-refractivity contribution is 7.93. The van der Waals surface area contributed by atoms with Crippen molar-refractivity contribution >= 4 is 49.3 Å². The largest absolute Gasteiger partial charge is 0.481 e. The highest BCUT2D eigenvalue weighted by Crippen LogP contribution is 2.33. The Morgan fingerprint density at radius 3 is 1.51 bits per heavy atom. The molecule has 14 heteroatoms. The van der Waals surface area contributed by atoms with Crippen LogP contribution < -0.4 is 8.61 Å². The second-order valence-electron chi connectivity index (χ2n) is 9.14. The number of hydrogen-bond acceptors (Lipinski definition) is 7. The molecule has 0 heterocycles. The Bertz CT molecular complexity index is 1670. The number of carbonyl (C=O) groups is 3. The molecule has 3 rings (SSSR count). The summed E-state index contributed by atoms with van der Waals surface area (Å²) in [7, 11) is -8.91. The number of carboxylic acid groups (broad SMARTS) is 3. The smallest absolute Gasteiger partial charge is 0.324 e. The highest BCUT2D eigenvalue weighted by atomic mass is 32.2. The van der Waals surface area contributed by atoms with Gasteiger partial charge in [-0.05, 0) is 68.3 Å². The van der Waals surface area contributed by atoms with Crippen molar-refractivity contribution in [1.82, 2.24) is 0 Å². The van der Waals surface area contributed by atoms with E-state index in [0.717, 1.165) is 29.3 Å². The lowest BCUT2D eigenvalue weighted by molar-refractivity contribution is -0.137. The predicted octanol–water partition coefficient (Wildman–Crippen LogP) is 2.88. The van der Waals surface area contributed by atoms with Crippen molar-refractivity contribution in [2.45, 2.75) is 36.5 Å². The first-order valence-electron chi connectivity index (χ1n) is 12.1. The minimum atomic E-state index is -4.48. The maximum Gasteiger partial charge on any atom is 0.324 e. The molecule has 0 saturated carbocycles. The number of benzene rings is 3. The average molecular weight is 605 g/mol. The summed E-state index contributed by atoms with van der Waals surface area (Å²) in [5.74, 6) is -4.23. The van der Waals surface area contributed by atoms with E-state index in [1.807, 2.05) is 0 Å². The quantitative estimate of drug-likeness (QED) is 0.262. The molecule has 0 spiro atoms. The lowest BCUT2D eigenvalue weighted by atomic mass is 10.1. The monoisotopic (exact) mass is 604 g/mol. The lowest BCUT2D eigenvalue weighted by Crippen LogP contribution is -2.37. The van der Waals surface area contributed by atoms with Gasteiger partial charge in [0, 0.05) is 6.42 Å². The van der Waals surface area contributed by atoms with Crippen molar-refractivity contribution < 1.29 is 46.5 Å². The first-order valence-corrected chi connectivity index (χ1v) is 15.0. The summed E-state index contributed by atoms with van der Waals surface area (Å²) < 4.78 is 55.3. The minimum absolute atomic E-state index is 0.0173. The van der Waals surface area contributed by atoms with Crippen molar-refractivity contribution in [2.75, 3.05) is 21.7 Å². The van der Waals surface area contributed by atoms with E-state index in [-0.39, 0.29) is 33.2 Å². The third kappa shape index (κ3) is 7.41. The molecule has 0 aliphatic carbocycles. The Morgan fingerprint density at radius 2 is 1.07 bits per heavy atom. The van der Waals surface area contributed by atoms with Crippen LogP contribution in [0.15, 0.2) is 76.5 Å². The van der Waals surface area contributed by atoms with E-state index in [2.05, 4.69) is 0 Å². The zero-order valence-corrected chi connectivity index (χ0v) is 23.7. The van der Waals surface area contributed by atoms with Crippen LogP contribution in [0.25, 0.3) is 0 Å². The fourth-order valence-electron chi connectivity index (χ4n) is 3.95. The molecular weight excluding hydrogens is 576 g/mol. The summed E-state index contributed by atoms with van der Waals surface area (Å²) in [6.45, 7) is 1.47. The Hall–Kier alpha value is -4.43. The fraction of sp³-hybridized carbons (Fsp3) is 0.222. The van der Waals surface area contributed by atoms with Gasteiger partial charge in [0.1, 0.15) is 13.1 Å². The van der Waals surface area contributed by atoms with Crippen LogP contribution in [-0.4, -0.2) is 63.2 Å². The van der Waals surface area contributed by atoms with Gasteiger partial charge in [0.05, 0.1) is 21.2 Å². The molecule has 0 atom stereocenters. The van der Waals surface area contributed by atoms with Crippen molar-refractivity contribution in [3.05, 3.63) is 83.4 Å². The molecule has 0 saturated heterocycles. The normalized spacial score (nSPS) is 11.6. The van der Waals surface area contributed by atoms with E-state index in [4.69, 9.17) is 0 Å². The molecule has 3 aromatic carbocycles. The molecule has 0 amide bonds. The summed E-state index contributed by atoms with van der Waals surface area (Å²) in [5, 5.41) is 28.4. The van der Waals surface area contributed by atoms with Gasteiger partial charge in [-0.1, -0.05) is 35.4 Å². The van der Waals surface area contributed by atoms with Crippen LogP contribution in [0.5, 0.6) is 0 Å². The zero-order chi connectivity index (χ0) is 30.5. The molecule has 0 unspecified atom stereocenters. The Labute approximate surface area is 237 Å². The SMILES string of the molecule is Cc1ccc(S(=O)(=O)N(CC(=O)O)c2ccc(N(CC(=O)O)S(=O)(=O)c3ccc(C)cc3)c(CCC(=O)O)c2)cc1. The Kier molecular flexibility index (Phi) is 9.40. The number of aryl methyl sites for hydroxylation is 3. The van der Waals surface area contributed by atoms with Crippen LogP contribution in [0.4, 0.5) is 11.4 Å². The maximum atomic E-state index is 13.6. The van der Waals surface area contributed by atoms with E-state index in [1.54, 1.807) is 13.8 Å². The van der Waals surface area contributed by atoms with Gasteiger partial charge in [-0.3, -0.25) is 23.0 Å². The van der Waals surface area contributed by atoms with Crippen molar-refractivity contribution in [3.8, 4) is 0 Å². The standard InChI is InChI=1S/C27H28N2O10S2/c1-18-3-9-22(10-4-18)40(36,37)28(16-26(32)33)21-8-13-24(20(15-21)7-14-25(30)31)29(17-27(34)35)41(38,39)23-11-5-19(2)6-12-23/h3-6,8-13,15H,7,14,16-17H2,1-2H3,(H,30,31)(H,32,33)(H,34,35). The second-order valence-corrected chi connectivity index (χ2v) is 12.9. The van der Waals surface area contributed by atoms with Gasteiger partial charge in [0.15, 0.2) is 0 Å². The number of carboxylic acids is 3. The molecule has 0 aliphatic rings. The van der Waals surface area contributed by atoms with Crippen LogP contribution in [0.3, 0.4) is 0 Å². The maximum absolute atomic E-state index is 13.6. The molecule has 0 bridgehead atoms. The number of rotatable bonds is 13. The van der Waals surface area contributed by atoms with E-state index in [0.29, 0.717) is 8.61 Å². The third-order valence-corrected chi connectivity index (χ3v) is 9.57. The third-order valence-electron chi connectivity index (χ3n) is 6.00. The molecule has 41 heavy (non-hydrogen) atoms. The first-order chi connectivity index (χ1) is 19.1. The summed E-state index contributed by atoms with van der Waals surface area (Å²) >= 11 is 0. The van der Waals surface area contributed by atoms with Gasteiger partial charge in [-0.2, -0.15) is 0 Å². The van der Waals surface area contributed by atoms with Crippen molar-refractivity contribution in [1.29, 1.82) is 0 Å². The predicted molar refractivity (Wildman–Crippen MR) is 149 cm³/mol. The van der Waals surface area contributed by atoms with Crippen LogP contribution in [0, 0.1) is 13.8 Å². The molecule has 0 aromatic heterocycles. The fourth-order valence-corrected chi connectivity index (χ4v) is 6.81. The van der Waals surface area contributed by atoms with Crippen LogP contribution in [-0.2, 0) is 40.9 Å². The highest BCUT2D eigenvalue weighted by Gasteiger charge is 2.31. The summed E-state index contributed by atoms with van der Waals surface area (Å²) in [5.41, 5.74) is 1.13. The van der Waals surface area contributed by atoms with Crippen molar-refractivity contribution in [3.63, 3.8) is 0 Å². The summed E-state index contributed by atoms with van der Waals surface area (Å²) in [6, 6.07) is 14.8. The van der Waals surface area contributed by atoms with Gasteiger partial charge in [-0.25, -0.2) is 16.8 Å². The molecule has 12 nitrogen and oxygen atoms in total. The van der Waals surface area contributed by atoms with Gasteiger partial charge in [0.2, 0.25) is 0 Å². The average Bonchev–Trinajstić information content (AvgIpc) is 2.89. The molecule has 3 N–H and O–H groups in total. The van der Waals surface area contributed by atoms with Gasteiger partial charge in [-0.15, -0.1) is 0 Å². The molecule has 0 aliphatic heterocycles. The molecule has 218 valence electrons. The molecule has 0 radical (unpaired) electrons. The summed E-state index contributed by atoms with van der Waals surface area (Å²) in [4.78, 5) is 34.4. The topological polar surface area (TPSA) is 187 Å². The Morgan fingerprint density at radius 1 is 0.634 bits per heavy atom. The van der Waals surface area contributed by atoms with E-state index >= 15 is 0 Å². The molecule has 0 fully saturated rings. The first kappa shape index (κ1) is 31.1. The van der Waals surface area contributed by atoms with E-state index < -0.39 is 57.5 Å². The van der Waals surface area contributed by atoms with Gasteiger partial charge in [0.25, 0.3) is 20.0 Å². The molecular formula is C27H28N2O10S2.